The standard InChI is InChI=1S/C12H21NO/c1-10(2)6-7-11(13-3)9-12-5-4-8-14-12/h4-5,8,10-11,13H,6-7,9H2,1-3H3. The molecule has 0 aliphatic heterocycles. The highest BCUT2D eigenvalue weighted by molar-refractivity contribution is 5.00. The third-order valence-electron chi connectivity index (χ3n) is 2.53. The van der Waals surface area contributed by atoms with E-state index in [-0.39, 0.29) is 0 Å². The summed E-state index contributed by atoms with van der Waals surface area (Å²) < 4.78 is 5.33. The van der Waals surface area contributed by atoms with Crippen molar-refractivity contribution in [2.24, 2.45) is 5.92 Å². The van der Waals surface area contributed by atoms with E-state index in [4.69, 9.17) is 4.42 Å². The average molecular weight is 195 g/mol. The van der Waals surface area contributed by atoms with Crippen LogP contribution < -0.4 is 5.32 Å². The van der Waals surface area contributed by atoms with Crippen molar-refractivity contribution >= 4 is 0 Å². The minimum absolute atomic E-state index is 0.545. The van der Waals surface area contributed by atoms with Crippen LogP contribution in [0.1, 0.15) is 32.4 Å². The molecule has 0 saturated heterocycles. The summed E-state index contributed by atoms with van der Waals surface area (Å²) in [5, 5.41) is 3.34. The van der Waals surface area contributed by atoms with Crippen LogP contribution in [0, 0.1) is 5.92 Å². The Labute approximate surface area is 86.7 Å². The molecule has 2 heteroatoms. The molecule has 1 rings (SSSR count). The van der Waals surface area contributed by atoms with Gasteiger partial charge in [0.2, 0.25) is 0 Å². The monoisotopic (exact) mass is 195 g/mol. The Hall–Kier alpha value is -0.760. The second-order valence-corrected chi connectivity index (χ2v) is 4.24. The summed E-state index contributed by atoms with van der Waals surface area (Å²) >= 11 is 0. The zero-order valence-corrected chi connectivity index (χ0v) is 9.42. The van der Waals surface area contributed by atoms with Gasteiger partial charge in [-0.1, -0.05) is 13.8 Å². The van der Waals surface area contributed by atoms with E-state index in [1.54, 1.807) is 6.26 Å². The van der Waals surface area contributed by atoms with Crippen LogP contribution >= 0.6 is 0 Å². The molecule has 80 valence electrons. The van der Waals surface area contributed by atoms with Gasteiger partial charge in [-0.15, -0.1) is 0 Å². The van der Waals surface area contributed by atoms with Gasteiger partial charge in [0, 0.05) is 12.5 Å². The predicted molar refractivity (Wildman–Crippen MR) is 59.3 cm³/mol. The van der Waals surface area contributed by atoms with Crippen LogP contribution in [-0.4, -0.2) is 13.1 Å². The van der Waals surface area contributed by atoms with Gasteiger partial charge >= 0.3 is 0 Å². The molecule has 0 bridgehead atoms. The van der Waals surface area contributed by atoms with E-state index in [9.17, 15) is 0 Å². The normalized spacial score (nSPS) is 13.4. The molecular formula is C12H21NO. The first-order chi connectivity index (χ1) is 6.72. The average Bonchev–Trinajstić information content (AvgIpc) is 2.64. The number of nitrogens with one attached hydrogen (secondary N) is 1. The Bertz CT molecular complexity index is 228. The van der Waals surface area contributed by atoms with Crippen molar-refractivity contribution in [1.82, 2.24) is 5.32 Å². The van der Waals surface area contributed by atoms with Gasteiger partial charge in [-0.05, 0) is 37.9 Å². The molecule has 0 aliphatic carbocycles. The highest BCUT2D eigenvalue weighted by Gasteiger charge is 2.09. The fourth-order valence-electron chi connectivity index (χ4n) is 1.55. The molecule has 1 aromatic rings. The summed E-state index contributed by atoms with van der Waals surface area (Å²) in [5.74, 6) is 1.86. The molecule has 0 spiro atoms. The molecule has 1 aromatic heterocycles. The summed E-state index contributed by atoms with van der Waals surface area (Å²) in [4.78, 5) is 0. The van der Waals surface area contributed by atoms with Gasteiger partial charge < -0.3 is 9.73 Å². The number of hydrogen-bond acceptors (Lipinski definition) is 2. The molecule has 14 heavy (non-hydrogen) atoms. The Kier molecular flexibility index (Phi) is 4.74. The second-order valence-electron chi connectivity index (χ2n) is 4.24. The summed E-state index contributed by atoms with van der Waals surface area (Å²) in [7, 11) is 2.02. The van der Waals surface area contributed by atoms with Crippen LogP contribution in [-0.2, 0) is 6.42 Å². The van der Waals surface area contributed by atoms with Gasteiger partial charge in [0.15, 0.2) is 0 Å². The fourth-order valence-corrected chi connectivity index (χ4v) is 1.55. The lowest BCUT2D eigenvalue weighted by Gasteiger charge is -2.15. The Morgan fingerprint density at radius 1 is 1.36 bits per heavy atom. The van der Waals surface area contributed by atoms with Crippen molar-refractivity contribution in [3.63, 3.8) is 0 Å². The summed E-state index contributed by atoms with van der Waals surface area (Å²) in [6.45, 7) is 4.53. The molecule has 1 N–H and O–H groups in total. The topological polar surface area (TPSA) is 25.2 Å². The van der Waals surface area contributed by atoms with Crippen molar-refractivity contribution in [3.05, 3.63) is 24.2 Å². The lowest BCUT2D eigenvalue weighted by Crippen LogP contribution is -2.27. The first-order valence-electron chi connectivity index (χ1n) is 5.42. The summed E-state index contributed by atoms with van der Waals surface area (Å²) in [6.07, 6.45) is 5.22. The fraction of sp³-hybridized carbons (Fsp3) is 0.667. The smallest absolute Gasteiger partial charge is 0.105 e. The maximum absolute atomic E-state index is 5.33. The SMILES string of the molecule is CNC(CCC(C)C)Cc1ccco1. The maximum Gasteiger partial charge on any atom is 0.105 e. The molecule has 0 fully saturated rings. The molecule has 0 aromatic carbocycles. The third-order valence-corrected chi connectivity index (χ3v) is 2.53. The van der Waals surface area contributed by atoms with Crippen molar-refractivity contribution in [3.8, 4) is 0 Å². The Morgan fingerprint density at radius 3 is 2.64 bits per heavy atom. The van der Waals surface area contributed by atoms with E-state index < -0.39 is 0 Å². The molecule has 1 atom stereocenters. The quantitative estimate of drug-likeness (QED) is 0.755. The van der Waals surface area contributed by atoms with Gasteiger partial charge in [-0.25, -0.2) is 0 Å². The highest BCUT2D eigenvalue weighted by atomic mass is 16.3. The molecule has 2 nitrogen and oxygen atoms in total. The van der Waals surface area contributed by atoms with Gasteiger partial charge in [0.25, 0.3) is 0 Å². The summed E-state index contributed by atoms with van der Waals surface area (Å²) in [5.41, 5.74) is 0. The lowest BCUT2D eigenvalue weighted by molar-refractivity contribution is 0.413. The van der Waals surface area contributed by atoms with Crippen molar-refractivity contribution < 1.29 is 4.42 Å². The minimum atomic E-state index is 0.545. The maximum atomic E-state index is 5.33. The molecule has 0 aliphatic rings. The summed E-state index contributed by atoms with van der Waals surface area (Å²) in [6, 6.07) is 4.54. The van der Waals surface area contributed by atoms with Gasteiger partial charge in [-0.3, -0.25) is 0 Å². The van der Waals surface area contributed by atoms with Crippen molar-refractivity contribution in [1.29, 1.82) is 0 Å². The molecule has 1 heterocycles. The minimum Gasteiger partial charge on any atom is -0.469 e. The van der Waals surface area contributed by atoms with E-state index >= 15 is 0 Å². The first kappa shape index (κ1) is 11.3. The Morgan fingerprint density at radius 2 is 2.14 bits per heavy atom. The van der Waals surface area contributed by atoms with Gasteiger partial charge in [0.05, 0.1) is 6.26 Å². The number of likely N-dealkylation sites (N-methyl/N-ethyl adjacent to an activating group) is 1. The second kappa shape index (κ2) is 5.86. The molecular weight excluding hydrogens is 174 g/mol. The zero-order valence-electron chi connectivity index (χ0n) is 9.42. The van der Waals surface area contributed by atoms with Crippen molar-refractivity contribution in [2.75, 3.05) is 7.05 Å². The van der Waals surface area contributed by atoms with Crippen LogP contribution in [0.3, 0.4) is 0 Å². The van der Waals surface area contributed by atoms with E-state index in [1.165, 1.54) is 12.8 Å². The highest BCUT2D eigenvalue weighted by Crippen LogP contribution is 2.11. The van der Waals surface area contributed by atoms with Crippen LogP contribution in [0.5, 0.6) is 0 Å². The van der Waals surface area contributed by atoms with E-state index in [2.05, 4.69) is 19.2 Å². The number of hydrogen-bond donors (Lipinski definition) is 1. The predicted octanol–water partition coefficient (Wildman–Crippen LogP) is 2.85. The molecule has 1 unspecified atom stereocenters. The van der Waals surface area contributed by atoms with Gasteiger partial charge in [0.1, 0.15) is 5.76 Å². The van der Waals surface area contributed by atoms with E-state index in [0.29, 0.717) is 6.04 Å². The molecule has 0 amide bonds. The number of rotatable bonds is 6. The first-order valence-corrected chi connectivity index (χ1v) is 5.42. The van der Waals surface area contributed by atoms with E-state index in [0.717, 1.165) is 18.1 Å². The van der Waals surface area contributed by atoms with Crippen LogP contribution in [0.15, 0.2) is 22.8 Å². The number of furan rings is 1. The third kappa shape index (κ3) is 3.97. The largest absolute Gasteiger partial charge is 0.469 e. The Balaban J connectivity index is 2.32. The van der Waals surface area contributed by atoms with E-state index in [1.807, 2.05) is 19.2 Å². The van der Waals surface area contributed by atoms with Crippen LogP contribution in [0.4, 0.5) is 0 Å². The van der Waals surface area contributed by atoms with Crippen molar-refractivity contribution in [2.45, 2.75) is 39.2 Å². The molecule has 0 saturated carbocycles. The lowest BCUT2D eigenvalue weighted by atomic mass is 10.0. The van der Waals surface area contributed by atoms with Crippen LogP contribution in [0.25, 0.3) is 0 Å². The van der Waals surface area contributed by atoms with Gasteiger partial charge in [-0.2, -0.15) is 0 Å². The van der Waals surface area contributed by atoms with Crippen LogP contribution in [0.2, 0.25) is 0 Å². The molecule has 0 radical (unpaired) electrons. The zero-order chi connectivity index (χ0) is 10.4.